The summed E-state index contributed by atoms with van der Waals surface area (Å²) in [7, 11) is 0. The van der Waals surface area contributed by atoms with Crippen LogP contribution in [0.15, 0.2) is 57.8 Å². The van der Waals surface area contributed by atoms with Gasteiger partial charge >= 0.3 is 17.6 Å². The van der Waals surface area contributed by atoms with E-state index in [-0.39, 0.29) is 24.2 Å². The van der Waals surface area contributed by atoms with Crippen molar-refractivity contribution in [3.8, 4) is 0 Å². The summed E-state index contributed by atoms with van der Waals surface area (Å²) in [4.78, 5) is 49.8. The van der Waals surface area contributed by atoms with Crippen LogP contribution in [0.2, 0.25) is 0 Å². The van der Waals surface area contributed by atoms with Gasteiger partial charge in [0, 0.05) is 17.1 Å². The third-order valence-electron chi connectivity index (χ3n) is 7.69. The van der Waals surface area contributed by atoms with Crippen LogP contribution in [0, 0.1) is 23.4 Å². The lowest BCUT2D eigenvalue weighted by atomic mass is 9.84. The Hall–Kier alpha value is -3.93. The Morgan fingerprint density at radius 2 is 1.98 bits per heavy atom. The van der Waals surface area contributed by atoms with E-state index in [1.54, 1.807) is 0 Å². The monoisotopic (exact) mass is 560 g/mol. The number of epoxide rings is 1. The molecule has 3 aliphatic rings. The maximum Gasteiger partial charge on any atom is 0.334 e. The number of hydrogen-bond donors (Lipinski definition) is 0. The van der Waals surface area contributed by atoms with Gasteiger partial charge in [-0.3, -0.25) is 18.7 Å². The molecule has 2 fully saturated rings. The van der Waals surface area contributed by atoms with Gasteiger partial charge in [0.2, 0.25) is 5.82 Å². The number of ether oxygens (including phenoxy) is 3. The Bertz CT molecular complexity index is 1550. The minimum Gasteiger partial charge on any atom is -0.460 e. The number of carbonyl (C=O) groups excluding carboxylic acids is 2. The van der Waals surface area contributed by atoms with Gasteiger partial charge in [-0.15, -0.1) is 0 Å². The second-order valence-corrected chi connectivity index (χ2v) is 10.5. The molecule has 0 unspecified atom stereocenters. The number of aromatic nitrogens is 2. The number of benzene rings is 1. The van der Waals surface area contributed by atoms with Crippen molar-refractivity contribution in [3.63, 3.8) is 0 Å². The van der Waals surface area contributed by atoms with Crippen molar-refractivity contribution < 1.29 is 37.0 Å². The summed E-state index contributed by atoms with van der Waals surface area (Å²) < 4.78 is 59.7. The first-order valence-corrected chi connectivity index (χ1v) is 12.8. The zero-order valence-corrected chi connectivity index (χ0v) is 21.7. The number of halogens is 3. The van der Waals surface area contributed by atoms with E-state index >= 15 is 0 Å². The highest BCUT2D eigenvalue weighted by molar-refractivity contribution is 5.91. The zero-order valence-electron chi connectivity index (χ0n) is 21.7. The maximum atomic E-state index is 14.3. The molecule has 1 aromatic heterocycles. The van der Waals surface area contributed by atoms with Crippen molar-refractivity contribution in [1.29, 1.82) is 0 Å². The molecule has 9 nitrogen and oxygen atoms in total. The Morgan fingerprint density at radius 3 is 2.75 bits per heavy atom. The predicted octanol–water partition coefficient (Wildman–Crippen LogP) is 2.77. The maximum absolute atomic E-state index is 14.3. The average Bonchev–Trinajstić information content (AvgIpc) is 3.50. The minimum atomic E-state index is -1.35. The summed E-state index contributed by atoms with van der Waals surface area (Å²) in [5, 5.41) is 0. The van der Waals surface area contributed by atoms with Crippen LogP contribution in [0.1, 0.15) is 38.2 Å². The summed E-state index contributed by atoms with van der Waals surface area (Å²) in [5.41, 5.74) is -2.02. The molecule has 12 heteroatoms. The molecule has 0 spiro atoms. The number of esters is 2. The van der Waals surface area contributed by atoms with Gasteiger partial charge in [-0.2, -0.15) is 4.39 Å². The van der Waals surface area contributed by atoms with Crippen molar-refractivity contribution in [2.75, 3.05) is 6.61 Å². The molecule has 1 aromatic carbocycles. The van der Waals surface area contributed by atoms with Crippen LogP contribution in [0.3, 0.4) is 0 Å². The average molecular weight is 561 g/mol. The molecule has 0 amide bonds. The fourth-order valence-corrected chi connectivity index (χ4v) is 5.31. The molecule has 0 N–H and O–H groups in total. The fourth-order valence-electron chi connectivity index (χ4n) is 5.31. The molecule has 2 aliphatic heterocycles. The molecule has 0 saturated carbocycles. The van der Waals surface area contributed by atoms with Crippen molar-refractivity contribution in [2.24, 2.45) is 5.92 Å². The van der Waals surface area contributed by atoms with Gasteiger partial charge in [0.25, 0.3) is 5.56 Å². The quantitative estimate of drug-likeness (QED) is 0.231. The number of rotatable bonds is 6. The van der Waals surface area contributed by atoms with E-state index in [2.05, 4.69) is 6.58 Å². The Morgan fingerprint density at radius 1 is 1.20 bits per heavy atom. The highest BCUT2D eigenvalue weighted by Gasteiger charge is 2.61. The SMILES string of the molecule is C=C1C(=O)O[C@H]2[C@H]1CC/C(COC(=O)Cn1cc(F)c(=O)n(Cc3cc(F)ccc3F)c1=O)=C\CC[C@@]1(C)O[C@@H]21. The van der Waals surface area contributed by atoms with Crippen LogP contribution in [-0.4, -0.2) is 45.5 Å². The van der Waals surface area contributed by atoms with E-state index in [9.17, 15) is 32.3 Å². The second kappa shape index (κ2) is 10.6. The first-order chi connectivity index (χ1) is 19.0. The minimum absolute atomic E-state index is 0.107. The normalized spacial score (nSPS) is 27.2. The van der Waals surface area contributed by atoms with Gasteiger partial charge in [0.1, 0.15) is 37.0 Å². The summed E-state index contributed by atoms with van der Waals surface area (Å²) in [5.74, 6) is -4.59. The molecule has 0 bridgehead atoms. The Balaban J connectivity index is 1.27. The van der Waals surface area contributed by atoms with E-state index in [0.717, 1.165) is 23.8 Å². The molecule has 5 rings (SSSR count). The van der Waals surface area contributed by atoms with Crippen molar-refractivity contribution in [1.82, 2.24) is 9.13 Å². The van der Waals surface area contributed by atoms with Crippen molar-refractivity contribution in [3.05, 3.63) is 92.1 Å². The van der Waals surface area contributed by atoms with Gasteiger partial charge < -0.3 is 14.2 Å². The smallest absolute Gasteiger partial charge is 0.334 e. The summed E-state index contributed by atoms with van der Waals surface area (Å²) in [6.45, 7) is 4.27. The third-order valence-corrected chi connectivity index (χ3v) is 7.69. The molecule has 2 saturated heterocycles. The van der Waals surface area contributed by atoms with E-state index in [1.807, 2.05) is 13.0 Å². The van der Waals surface area contributed by atoms with Crippen LogP contribution in [-0.2, 0) is 36.9 Å². The van der Waals surface area contributed by atoms with Crippen molar-refractivity contribution in [2.45, 2.75) is 63.5 Å². The van der Waals surface area contributed by atoms with Crippen LogP contribution >= 0.6 is 0 Å². The number of fused-ring (bicyclic) bond motifs is 3. The topological polar surface area (TPSA) is 109 Å². The lowest BCUT2D eigenvalue weighted by Gasteiger charge is -2.20. The van der Waals surface area contributed by atoms with E-state index in [0.29, 0.717) is 46.6 Å². The van der Waals surface area contributed by atoms with E-state index in [4.69, 9.17) is 14.2 Å². The summed E-state index contributed by atoms with van der Waals surface area (Å²) >= 11 is 0. The van der Waals surface area contributed by atoms with E-state index < -0.39 is 65.4 Å². The highest BCUT2D eigenvalue weighted by atomic mass is 19.1. The summed E-state index contributed by atoms with van der Waals surface area (Å²) in [6.07, 6.45) is 4.24. The number of carbonyl (C=O) groups is 2. The Kier molecular flexibility index (Phi) is 7.30. The van der Waals surface area contributed by atoms with Crippen molar-refractivity contribution >= 4 is 11.9 Å². The van der Waals surface area contributed by atoms with E-state index in [1.165, 1.54) is 0 Å². The van der Waals surface area contributed by atoms with Crippen LogP contribution in [0.5, 0.6) is 0 Å². The van der Waals surface area contributed by atoms with Crippen LogP contribution in [0.25, 0.3) is 0 Å². The molecule has 0 radical (unpaired) electrons. The van der Waals surface area contributed by atoms with Gasteiger partial charge in [0.15, 0.2) is 0 Å². The number of allylic oxidation sites excluding steroid dienone is 1. The van der Waals surface area contributed by atoms with Gasteiger partial charge in [-0.1, -0.05) is 12.7 Å². The predicted molar refractivity (Wildman–Crippen MR) is 134 cm³/mol. The third kappa shape index (κ3) is 5.40. The highest BCUT2D eigenvalue weighted by Crippen LogP contribution is 2.49. The largest absolute Gasteiger partial charge is 0.460 e. The molecule has 2 aromatic rings. The first kappa shape index (κ1) is 27.6. The first-order valence-electron chi connectivity index (χ1n) is 12.8. The molecule has 212 valence electrons. The molecule has 3 heterocycles. The van der Waals surface area contributed by atoms with Gasteiger partial charge in [0.05, 0.1) is 18.3 Å². The zero-order chi connectivity index (χ0) is 28.8. The molecule has 4 atom stereocenters. The molecule has 1 aliphatic carbocycles. The standard InChI is InChI=1S/C28H27F3N2O7/c1-15-19-7-5-16(4-3-9-28(2)24(40-28)23(19)39-26(15)36)14-38-22(34)13-32-12-21(31)25(35)33(27(32)37)11-17-10-18(29)6-8-20(17)30/h4,6,8,10,12,19,23-24H,1,3,5,7,9,11,13-14H2,2H3/b16-4+/t19-,23-,24-,28+/m0/s1. The fraction of sp³-hybridized carbons (Fsp3) is 0.429. The lowest BCUT2D eigenvalue weighted by Crippen LogP contribution is -2.42. The lowest BCUT2D eigenvalue weighted by molar-refractivity contribution is -0.143. The molecular weight excluding hydrogens is 533 g/mol. The molecule has 40 heavy (non-hydrogen) atoms. The molecular formula is C28H27F3N2O7. The number of hydrogen-bond acceptors (Lipinski definition) is 7. The second-order valence-electron chi connectivity index (χ2n) is 10.5. The summed E-state index contributed by atoms with van der Waals surface area (Å²) in [6, 6.07) is 2.48. The Labute approximate surface area is 226 Å². The number of nitrogens with zero attached hydrogens (tertiary/aromatic N) is 2. The van der Waals surface area contributed by atoms with Crippen LogP contribution < -0.4 is 11.2 Å². The van der Waals surface area contributed by atoms with Crippen LogP contribution in [0.4, 0.5) is 13.2 Å². The van der Waals surface area contributed by atoms with Gasteiger partial charge in [-0.25, -0.2) is 18.4 Å². The van der Waals surface area contributed by atoms with Gasteiger partial charge in [-0.05, 0) is 56.4 Å².